The van der Waals surface area contributed by atoms with Crippen LogP contribution in [0.4, 0.5) is 0 Å². The topological polar surface area (TPSA) is 58.6 Å². The zero-order valence-electron chi connectivity index (χ0n) is 9.47. The van der Waals surface area contributed by atoms with Gasteiger partial charge in [-0.2, -0.15) is 0 Å². The molecular weight excluding hydrogens is 226 g/mol. The van der Waals surface area contributed by atoms with Crippen molar-refractivity contribution >= 4 is 17.3 Å². The van der Waals surface area contributed by atoms with Crippen LogP contribution in [0, 0.1) is 5.92 Å². The van der Waals surface area contributed by atoms with Crippen LogP contribution in [0.25, 0.3) is 0 Å². The van der Waals surface area contributed by atoms with Crippen molar-refractivity contribution in [2.75, 3.05) is 13.7 Å². The monoisotopic (exact) mass is 243 g/mol. The number of thiophene rings is 1. The van der Waals surface area contributed by atoms with E-state index < -0.39 is 12.0 Å². The molecule has 0 saturated carbocycles. The van der Waals surface area contributed by atoms with Gasteiger partial charge in [-0.05, 0) is 11.4 Å². The summed E-state index contributed by atoms with van der Waals surface area (Å²) < 4.78 is 4.97. The van der Waals surface area contributed by atoms with Crippen LogP contribution in [0.1, 0.15) is 11.8 Å². The van der Waals surface area contributed by atoms with Gasteiger partial charge in [0.05, 0.1) is 6.61 Å². The second-order valence-corrected chi connectivity index (χ2v) is 4.74. The lowest BCUT2D eigenvalue weighted by molar-refractivity contribution is -0.141. The van der Waals surface area contributed by atoms with Crippen molar-refractivity contribution < 1.29 is 14.6 Å². The van der Waals surface area contributed by atoms with Gasteiger partial charge in [-0.15, -0.1) is 11.3 Å². The van der Waals surface area contributed by atoms with Gasteiger partial charge in [-0.3, -0.25) is 10.1 Å². The molecule has 1 aromatic heterocycles. The molecule has 90 valence electrons. The van der Waals surface area contributed by atoms with E-state index in [0.29, 0.717) is 13.2 Å². The highest BCUT2D eigenvalue weighted by Gasteiger charge is 2.23. The van der Waals surface area contributed by atoms with E-state index >= 15 is 0 Å². The maximum absolute atomic E-state index is 11.1. The number of aliphatic carboxylic acids is 1. The standard InChI is InChI=1S/C11H17NO3S/c1-8(7-15-2)10(11(13)14)12-6-9-4-3-5-16-9/h3-5,8,10,12H,6-7H2,1-2H3,(H,13,14). The molecule has 0 aliphatic carbocycles. The molecule has 0 saturated heterocycles. The van der Waals surface area contributed by atoms with Gasteiger partial charge in [-0.25, -0.2) is 0 Å². The molecule has 0 radical (unpaired) electrons. The van der Waals surface area contributed by atoms with Gasteiger partial charge in [0.15, 0.2) is 0 Å². The number of carbonyl (C=O) groups is 1. The summed E-state index contributed by atoms with van der Waals surface area (Å²) in [6, 6.07) is 3.37. The predicted octanol–water partition coefficient (Wildman–Crippen LogP) is 1.57. The molecule has 0 amide bonds. The van der Waals surface area contributed by atoms with Crippen molar-refractivity contribution in [1.29, 1.82) is 0 Å². The molecule has 2 atom stereocenters. The molecule has 2 N–H and O–H groups in total. The zero-order valence-corrected chi connectivity index (χ0v) is 10.3. The van der Waals surface area contributed by atoms with E-state index in [1.165, 1.54) is 0 Å². The minimum Gasteiger partial charge on any atom is -0.480 e. The van der Waals surface area contributed by atoms with Crippen LogP contribution in [0.2, 0.25) is 0 Å². The van der Waals surface area contributed by atoms with Gasteiger partial charge >= 0.3 is 5.97 Å². The van der Waals surface area contributed by atoms with Crippen LogP contribution in [0.3, 0.4) is 0 Å². The highest BCUT2D eigenvalue weighted by molar-refractivity contribution is 7.09. The van der Waals surface area contributed by atoms with Crippen LogP contribution in [0.15, 0.2) is 17.5 Å². The number of carboxylic acids is 1. The van der Waals surface area contributed by atoms with Gasteiger partial charge in [0, 0.05) is 24.4 Å². The number of rotatable bonds is 7. The first-order chi connectivity index (χ1) is 7.65. The third-order valence-electron chi connectivity index (χ3n) is 2.34. The van der Waals surface area contributed by atoms with E-state index in [-0.39, 0.29) is 5.92 Å². The minimum atomic E-state index is -0.832. The Morgan fingerprint density at radius 1 is 1.69 bits per heavy atom. The van der Waals surface area contributed by atoms with Crippen LogP contribution >= 0.6 is 11.3 Å². The Bertz CT molecular complexity index is 313. The Hall–Kier alpha value is -0.910. The fourth-order valence-corrected chi connectivity index (χ4v) is 2.17. The molecule has 0 aromatic carbocycles. The molecular formula is C11H17NO3S. The van der Waals surface area contributed by atoms with E-state index in [2.05, 4.69) is 5.32 Å². The highest BCUT2D eigenvalue weighted by Crippen LogP contribution is 2.10. The average Bonchev–Trinajstić information content (AvgIpc) is 2.70. The molecule has 1 heterocycles. The summed E-state index contributed by atoms with van der Waals surface area (Å²) in [5, 5.41) is 14.1. The Morgan fingerprint density at radius 2 is 2.44 bits per heavy atom. The van der Waals surface area contributed by atoms with Crippen LogP contribution in [-0.4, -0.2) is 30.8 Å². The zero-order chi connectivity index (χ0) is 12.0. The molecule has 4 nitrogen and oxygen atoms in total. The molecule has 0 aliphatic rings. The number of hydrogen-bond acceptors (Lipinski definition) is 4. The van der Waals surface area contributed by atoms with Crippen molar-refractivity contribution in [3.8, 4) is 0 Å². The van der Waals surface area contributed by atoms with Crippen molar-refractivity contribution in [3.63, 3.8) is 0 Å². The largest absolute Gasteiger partial charge is 0.480 e. The van der Waals surface area contributed by atoms with Crippen LogP contribution < -0.4 is 5.32 Å². The molecule has 5 heteroatoms. The van der Waals surface area contributed by atoms with Crippen LogP contribution in [0.5, 0.6) is 0 Å². The van der Waals surface area contributed by atoms with Crippen molar-refractivity contribution in [2.24, 2.45) is 5.92 Å². The third kappa shape index (κ3) is 3.92. The summed E-state index contributed by atoms with van der Waals surface area (Å²) >= 11 is 1.62. The fraction of sp³-hybridized carbons (Fsp3) is 0.545. The first-order valence-electron chi connectivity index (χ1n) is 5.12. The number of ether oxygens (including phenoxy) is 1. The molecule has 0 bridgehead atoms. The van der Waals surface area contributed by atoms with Crippen molar-refractivity contribution in [3.05, 3.63) is 22.4 Å². The lowest BCUT2D eigenvalue weighted by Gasteiger charge is -2.20. The molecule has 1 rings (SSSR count). The minimum absolute atomic E-state index is 0.0533. The van der Waals surface area contributed by atoms with Gasteiger partial charge in [-0.1, -0.05) is 13.0 Å². The van der Waals surface area contributed by atoms with E-state index in [4.69, 9.17) is 9.84 Å². The Kier molecular flexibility index (Phi) is 5.45. The average molecular weight is 243 g/mol. The first-order valence-corrected chi connectivity index (χ1v) is 6.00. The lowest BCUT2D eigenvalue weighted by atomic mass is 10.0. The summed E-state index contributed by atoms with van der Waals surface area (Å²) in [7, 11) is 1.58. The Labute approximate surface area is 99.2 Å². The highest BCUT2D eigenvalue weighted by atomic mass is 32.1. The van der Waals surface area contributed by atoms with Gasteiger partial charge in [0.1, 0.15) is 6.04 Å². The van der Waals surface area contributed by atoms with E-state index in [1.807, 2.05) is 24.4 Å². The fourth-order valence-electron chi connectivity index (χ4n) is 1.51. The predicted molar refractivity (Wildman–Crippen MR) is 63.6 cm³/mol. The summed E-state index contributed by atoms with van der Waals surface area (Å²) in [5.41, 5.74) is 0. The van der Waals surface area contributed by atoms with Gasteiger partial charge in [0.25, 0.3) is 0 Å². The summed E-state index contributed by atoms with van der Waals surface area (Å²) in [6.45, 7) is 2.89. The molecule has 0 spiro atoms. The molecule has 1 aromatic rings. The van der Waals surface area contributed by atoms with Crippen molar-refractivity contribution in [2.45, 2.75) is 19.5 Å². The molecule has 2 unspecified atom stereocenters. The second-order valence-electron chi connectivity index (χ2n) is 3.71. The van der Waals surface area contributed by atoms with E-state index in [1.54, 1.807) is 18.4 Å². The maximum atomic E-state index is 11.1. The van der Waals surface area contributed by atoms with Gasteiger partial charge < -0.3 is 9.84 Å². The second kappa shape index (κ2) is 6.62. The quantitative estimate of drug-likeness (QED) is 0.763. The first kappa shape index (κ1) is 13.2. The maximum Gasteiger partial charge on any atom is 0.321 e. The van der Waals surface area contributed by atoms with Crippen LogP contribution in [-0.2, 0) is 16.1 Å². The number of nitrogens with one attached hydrogen (secondary N) is 1. The SMILES string of the molecule is COCC(C)C(NCc1cccs1)C(=O)O. The van der Waals surface area contributed by atoms with Gasteiger partial charge in [0.2, 0.25) is 0 Å². The molecule has 16 heavy (non-hydrogen) atoms. The summed E-state index contributed by atoms with van der Waals surface area (Å²) in [6.07, 6.45) is 0. The lowest BCUT2D eigenvalue weighted by Crippen LogP contribution is -2.42. The third-order valence-corrected chi connectivity index (χ3v) is 3.22. The molecule has 0 fully saturated rings. The Morgan fingerprint density at radius 3 is 2.94 bits per heavy atom. The normalized spacial score (nSPS) is 14.6. The van der Waals surface area contributed by atoms with E-state index in [9.17, 15) is 4.79 Å². The van der Waals surface area contributed by atoms with Crippen molar-refractivity contribution in [1.82, 2.24) is 5.32 Å². The number of hydrogen-bond donors (Lipinski definition) is 2. The Balaban J connectivity index is 2.48. The smallest absolute Gasteiger partial charge is 0.321 e. The number of carboxylic acid groups (broad SMARTS) is 1. The molecule has 0 aliphatic heterocycles. The summed E-state index contributed by atoms with van der Waals surface area (Å²) in [5.74, 6) is -0.886. The van der Waals surface area contributed by atoms with E-state index in [0.717, 1.165) is 4.88 Å². The summed E-state index contributed by atoms with van der Waals surface area (Å²) in [4.78, 5) is 12.2. The number of methoxy groups -OCH3 is 1.